The molecule has 7 nitrogen and oxygen atoms in total. The number of hydrogen-bond acceptors (Lipinski definition) is 4. The number of H-pyrrole nitrogens is 1. The van der Waals surface area contributed by atoms with Gasteiger partial charge < -0.3 is 0 Å². The first-order valence-electron chi connectivity index (χ1n) is 6.48. The fraction of sp³-hybridized carbons (Fsp3) is 0.143. The maximum absolute atomic E-state index is 11.8. The molecule has 0 radical (unpaired) electrons. The van der Waals surface area contributed by atoms with Crippen LogP contribution in [0.3, 0.4) is 0 Å². The van der Waals surface area contributed by atoms with Gasteiger partial charge in [0.15, 0.2) is 0 Å². The van der Waals surface area contributed by atoms with Crippen LogP contribution in [0.25, 0.3) is 16.8 Å². The molecule has 0 saturated carbocycles. The van der Waals surface area contributed by atoms with Crippen LogP contribution < -0.4 is 9.99 Å². The fourth-order valence-corrected chi connectivity index (χ4v) is 2.80. The van der Waals surface area contributed by atoms with E-state index in [4.69, 9.17) is 0 Å². The minimum Gasteiger partial charge on any atom is -0.273 e. The van der Waals surface area contributed by atoms with Gasteiger partial charge >= 0.3 is 5.69 Å². The summed E-state index contributed by atoms with van der Waals surface area (Å²) in [6.45, 7) is 0. The second kappa shape index (κ2) is 4.99. The highest BCUT2D eigenvalue weighted by Crippen LogP contribution is 2.31. The van der Waals surface area contributed by atoms with Crippen molar-refractivity contribution in [2.45, 2.75) is 0 Å². The SMILES string of the molecule is CN(c1ccccc1-c1ccc2cnc(=O)[nH]n12)S(C)(=O)=O. The zero-order valence-corrected chi connectivity index (χ0v) is 12.8. The number of para-hydroxylation sites is 1. The molecule has 0 aliphatic carbocycles. The van der Waals surface area contributed by atoms with Crippen molar-refractivity contribution in [1.82, 2.24) is 14.6 Å². The summed E-state index contributed by atoms with van der Waals surface area (Å²) in [5.74, 6) is 0. The van der Waals surface area contributed by atoms with Crippen LogP contribution >= 0.6 is 0 Å². The van der Waals surface area contributed by atoms with Gasteiger partial charge in [-0.3, -0.25) is 8.82 Å². The molecule has 0 amide bonds. The summed E-state index contributed by atoms with van der Waals surface area (Å²) in [4.78, 5) is 15.1. The highest BCUT2D eigenvalue weighted by Gasteiger charge is 2.18. The molecule has 8 heteroatoms. The summed E-state index contributed by atoms with van der Waals surface area (Å²) < 4.78 is 26.4. The van der Waals surface area contributed by atoms with Crippen molar-refractivity contribution in [2.75, 3.05) is 17.6 Å². The predicted molar refractivity (Wildman–Crippen MR) is 84.5 cm³/mol. The molecule has 3 aromatic rings. The smallest absolute Gasteiger partial charge is 0.273 e. The topological polar surface area (TPSA) is 87.5 Å². The van der Waals surface area contributed by atoms with Gasteiger partial charge in [-0.2, -0.15) is 4.98 Å². The number of fused-ring (bicyclic) bond motifs is 1. The van der Waals surface area contributed by atoms with Crippen molar-refractivity contribution < 1.29 is 8.42 Å². The Hall–Kier alpha value is -2.61. The molecule has 0 bridgehead atoms. The number of rotatable bonds is 3. The zero-order valence-electron chi connectivity index (χ0n) is 12.0. The molecular weight excluding hydrogens is 304 g/mol. The fourth-order valence-electron chi connectivity index (χ4n) is 2.28. The van der Waals surface area contributed by atoms with E-state index in [1.165, 1.54) is 17.5 Å². The van der Waals surface area contributed by atoms with Gasteiger partial charge in [-0.25, -0.2) is 18.3 Å². The Balaban J connectivity index is 2.28. The third-order valence-corrected chi connectivity index (χ3v) is 4.64. The van der Waals surface area contributed by atoms with Gasteiger partial charge in [0.1, 0.15) is 0 Å². The molecule has 114 valence electrons. The van der Waals surface area contributed by atoms with E-state index in [1.54, 1.807) is 28.8 Å². The molecule has 0 unspecified atom stereocenters. The minimum atomic E-state index is -3.39. The van der Waals surface area contributed by atoms with Crippen LogP contribution in [0.15, 0.2) is 47.4 Å². The molecule has 1 aromatic carbocycles. The summed E-state index contributed by atoms with van der Waals surface area (Å²) in [7, 11) is -1.90. The van der Waals surface area contributed by atoms with Crippen LogP contribution in [0.2, 0.25) is 0 Å². The number of aromatic amines is 1. The highest BCUT2D eigenvalue weighted by atomic mass is 32.2. The Kier molecular flexibility index (Phi) is 3.25. The number of nitrogens with zero attached hydrogens (tertiary/aromatic N) is 3. The molecule has 22 heavy (non-hydrogen) atoms. The molecule has 2 aromatic heterocycles. The average molecular weight is 318 g/mol. The van der Waals surface area contributed by atoms with Crippen LogP contribution in [0.4, 0.5) is 5.69 Å². The molecule has 0 atom stereocenters. The first kappa shape index (κ1) is 14.3. The van der Waals surface area contributed by atoms with E-state index in [1.807, 2.05) is 12.1 Å². The van der Waals surface area contributed by atoms with Gasteiger partial charge in [0.05, 0.1) is 29.4 Å². The van der Waals surface area contributed by atoms with Gasteiger partial charge in [-0.1, -0.05) is 18.2 Å². The quantitative estimate of drug-likeness (QED) is 0.783. The maximum atomic E-state index is 11.8. The summed E-state index contributed by atoms with van der Waals surface area (Å²) in [6, 6.07) is 10.7. The van der Waals surface area contributed by atoms with E-state index in [0.29, 0.717) is 22.5 Å². The number of anilines is 1. The lowest BCUT2D eigenvalue weighted by molar-refractivity contribution is 0.600. The molecule has 0 aliphatic heterocycles. The van der Waals surface area contributed by atoms with Crippen LogP contribution in [0.1, 0.15) is 0 Å². The zero-order chi connectivity index (χ0) is 15.9. The Morgan fingerprint density at radius 3 is 2.64 bits per heavy atom. The van der Waals surface area contributed by atoms with Gasteiger partial charge in [-0.05, 0) is 18.2 Å². The summed E-state index contributed by atoms with van der Waals surface area (Å²) in [5.41, 5.74) is 2.14. The van der Waals surface area contributed by atoms with Crippen molar-refractivity contribution >= 4 is 21.2 Å². The Labute approximate surface area is 126 Å². The molecule has 0 aliphatic rings. The second-order valence-electron chi connectivity index (χ2n) is 4.90. The van der Waals surface area contributed by atoms with Crippen molar-refractivity contribution in [1.29, 1.82) is 0 Å². The average Bonchev–Trinajstić information content (AvgIpc) is 2.88. The third-order valence-electron chi connectivity index (χ3n) is 3.45. The van der Waals surface area contributed by atoms with E-state index >= 15 is 0 Å². The van der Waals surface area contributed by atoms with E-state index in [0.717, 1.165) is 6.26 Å². The van der Waals surface area contributed by atoms with Crippen LogP contribution in [0.5, 0.6) is 0 Å². The number of hydrogen-bond donors (Lipinski definition) is 1. The minimum absolute atomic E-state index is 0.473. The first-order chi connectivity index (χ1) is 10.4. The number of aromatic nitrogens is 3. The predicted octanol–water partition coefficient (Wildman–Crippen LogP) is 1.09. The Morgan fingerprint density at radius 1 is 1.18 bits per heavy atom. The van der Waals surface area contributed by atoms with E-state index < -0.39 is 15.7 Å². The Bertz CT molecular complexity index is 1000. The normalized spacial score (nSPS) is 11.7. The van der Waals surface area contributed by atoms with Gasteiger partial charge in [0.2, 0.25) is 10.0 Å². The maximum Gasteiger partial charge on any atom is 0.360 e. The standard InChI is InChI=1S/C14H14N4O3S/c1-17(22(2,20)21)12-6-4-3-5-11(12)13-8-7-10-9-15-14(19)16-18(10)13/h3-9H,1-2H3,(H,16,19). The Morgan fingerprint density at radius 2 is 1.91 bits per heavy atom. The lowest BCUT2D eigenvalue weighted by Gasteiger charge is -2.20. The van der Waals surface area contributed by atoms with Crippen molar-refractivity contribution in [2.24, 2.45) is 0 Å². The van der Waals surface area contributed by atoms with Crippen molar-refractivity contribution in [3.63, 3.8) is 0 Å². The third kappa shape index (κ3) is 2.37. The molecule has 2 heterocycles. The van der Waals surface area contributed by atoms with E-state index in [2.05, 4.69) is 10.1 Å². The van der Waals surface area contributed by atoms with Crippen molar-refractivity contribution in [3.8, 4) is 11.3 Å². The highest BCUT2D eigenvalue weighted by molar-refractivity contribution is 7.92. The summed E-state index contributed by atoms with van der Waals surface area (Å²) >= 11 is 0. The molecule has 3 rings (SSSR count). The largest absolute Gasteiger partial charge is 0.360 e. The molecule has 1 N–H and O–H groups in total. The van der Waals surface area contributed by atoms with Crippen LogP contribution in [-0.2, 0) is 10.0 Å². The first-order valence-corrected chi connectivity index (χ1v) is 8.33. The van der Waals surface area contributed by atoms with Gasteiger partial charge in [-0.15, -0.1) is 0 Å². The molecule has 0 fully saturated rings. The lowest BCUT2D eigenvalue weighted by Crippen LogP contribution is -2.25. The lowest BCUT2D eigenvalue weighted by atomic mass is 10.1. The monoisotopic (exact) mass is 318 g/mol. The van der Waals surface area contributed by atoms with Gasteiger partial charge in [0, 0.05) is 12.6 Å². The van der Waals surface area contributed by atoms with Crippen LogP contribution in [-0.4, -0.2) is 36.3 Å². The van der Waals surface area contributed by atoms with Crippen LogP contribution in [0, 0.1) is 0 Å². The molecular formula is C14H14N4O3S. The van der Waals surface area contributed by atoms with Gasteiger partial charge in [0.25, 0.3) is 0 Å². The number of benzene rings is 1. The van der Waals surface area contributed by atoms with E-state index in [9.17, 15) is 13.2 Å². The number of sulfonamides is 1. The summed E-state index contributed by atoms with van der Waals surface area (Å²) in [6.07, 6.45) is 2.61. The van der Waals surface area contributed by atoms with Crippen molar-refractivity contribution in [3.05, 3.63) is 53.1 Å². The van der Waals surface area contributed by atoms with E-state index in [-0.39, 0.29) is 0 Å². The number of nitrogens with one attached hydrogen (secondary N) is 1. The molecule has 0 saturated heterocycles. The second-order valence-corrected chi connectivity index (χ2v) is 6.92. The molecule has 0 spiro atoms. The summed E-state index contributed by atoms with van der Waals surface area (Å²) in [5, 5.41) is 2.62.